The molecule has 3 nitrogen and oxygen atoms in total. The number of ether oxygens (including phenoxy) is 1. The van der Waals surface area contributed by atoms with Gasteiger partial charge in [-0.15, -0.1) is 0 Å². The van der Waals surface area contributed by atoms with E-state index >= 15 is 0 Å². The summed E-state index contributed by atoms with van der Waals surface area (Å²) < 4.78 is 6.30. The Morgan fingerprint density at radius 3 is 2.21 bits per heavy atom. The van der Waals surface area contributed by atoms with Crippen LogP contribution in [0, 0.1) is 0 Å². The molecular weight excluding hydrogens is 388 g/mol. The molecule has 0 radical (unpaired) electrons. The van der Waals surface area contributed by atoms with Crippen molar-refractivity contribution < 1.29 is 4.74 Å². The number of halogens is 2. The van der Waals surface area contributed by atoms with E-state index in [1.807, 2.05) is 24.3 Å². The maximum atomic E-state index is 6.31. The second kappa shape index (κ2) is 8.34. The monoisotopic (exact) mass is 408 g/mol. The van der Waals surface area contributed by atoms with E-state index < -0.39 is 0 Å². The van der Waals surface area contributed by atoms with Crippen LogP contribution in [0.4, 0.5) is 0 Å². The van der Waals surface area contributed by atoms with Gasteiger partial charge in [0.1, 0.15) is 5.75 Å². The lowest BCUT2D eigenvalue weighted by atomic mass is 10.1. The van der Waals surface area contributed by atoms with E-state index in [0.717, 1.165) is 54.5 Å². The van der Waals surface area contributed by atoms with E-state index in [-0.39, 0.29) is 0 Å². The summed E-state index contributed by atoms with van der Waals surface area (Å²) in [6, 6.07) is 14.4. The van der Waals surface area contributed by atoms with Gasteiger partial charge in [-0.2, -0.15) is 0 Å². The SMILES string of the molecule is COc1ccc(CN2CCN(Cc3cc(Br)ccc3Cl)CC2)cc1. The fourth-order valence-electron chi connectivity index (χ4n) is 3.00. The molecule has 0 atom stereocenters. The van der Waals surface area contributed by atoms with Crippen LogP contribution in [0.2, 0.25) is 5.02 Å². The average molecular weight is 410 g/mol. The Hall–Kier alpha value is -1.07. The van der Waals surface area contributed by atoms with Crippen LogP contribution in [0.5, 0.6) is 5.75 Å². The molecule has 0 N–H and O–H groups in total. The van der Waals surface area contributed by atoms with Crippen molar-refractivity contribution in [3.63, 3.8) is 0 Å². The highest BCUT2D eigenvalue weighted by atomic mass is 79.9. The second-order valence-corrected chi connectivity index (χ2v) is 7.46. The van der Waals surface area contributed by atoms with Gasteiger partial charge in [0.15, 0.2) is 0 Å². The zero-order valence-corrected chi connectivity index (χ0v) is 16.2. The van der Waals surface area contributed by atoms with E-state index in [1.54, 1.807) is 7.11 Å². The van der Waals surface area contributed by atoms with Gasteiger partial charge >= 0.3 is 0 Å². The van der Waals surface area contributed by atoms with E-state index in [1.165, 1.54) is 11.1 Å². The minimum Gasteiger partial charge on any atom is -0.497 e. The van der Waals surface area contributed by atoms with Gasteiger partial charge in [-0.1, -0.05) is 39.7 Å². The van der Waals surface area contributed by atoms with Crippen molar-refractivity contribution in [3.05, 3.63) is 63.1 Å². The third-order valence-electron chi connectivity index (χ3n) is 4.43. The Labute approximate surface area is 157 Å². The molecule has 0 aliphatic carbocycles. The van der Waals surface area contributed by atoms with Gasteiger partial charge in [-0.05, 0) is 41.5 Å². The van der Waals surface area contributed by atoms with Crippen LogP contribution in [0.3, 0.4) is 0 Å². The van der Waals surface area contributed by atoms with Crippen molar-refractivity contribution in [1.82, 2.24) is 9.80 Å². The van der Waals surface area contributed by atoms with Crippen LogP contribution >= 0.6 is 27.5 Å². The van der Waals surface area contributed by atoms with Crippen LogP contribution in [0.25, 0.3) is 0 Å². The van der Waals surface area contributed by atoms with Crippen molar-refractivity contribution in [2.24, 2.45) is 0 Å². The van der Waals surface area contributed by atoms with E-state index in [9.17, 15) is 0 Å². The first-order valence-electron chi connectivity index (χ1n) is 8.15. The van der Waals surface area contributed by atoms with E-state index in [0.29, 0.717) is 0 Å². The number of hydrogen-bond acceptors (Lipinski definition) is 3. The molecule has 0 spiro atoms. The van der Waals surface area contributed by atoms with Crippen molar-refractivity contribution >= 4 is 27.5 Å². The summed E-state index contributed by atoms with van der Waals surface area (Å²) in [7, 11) is 1.70. The van der Waals surface area contributed by atoms with Gasteiger partial charge in [0.25, 0.3) is 0 Å². The first kappa shape index (κ1) is 17.7. The Kier molecular flexibility index (Phi) is 6.17. The quantitative estimate of drug-likeness (QED) is 0.726. The molecule has 128 valence electrons. The highest BCUT2D eigenvalue weighted by molar-refractivity contribution is 9.10. The van der Waals surface area contributed by atoms with E-state index in [4.69, 9.17) is 16.3 Å². The van der Waals surface area contributed by atoms with Crippen LogP contribution in [-0.4, -0.2) is 43.1 Å². The average Bonchev–Trinajstić information content (AvgIpc) is 2.60. The Morgan fingerprint density at radius 2 is 1.58 bits per heavy atom. The molecule has 2 aromatic rings. The lowest BCUT2D eigenvalue weighted by Crippen LogP contribution is -2.45. The minimum absolute atomic E-state index is 0.846. The van der Waals surface area contributed by atoms with Gasteiger partial charge in [0, 0.05) is 48.8 Å². The Balaban J connectivity index is 1.51. The summed E-state index contributed by atoms with van der Waals surface area (Å²) >= 11 is 9.83. The van der Waals surface area contributed by atoms with Crippen molar-refractivity contribution in [2.75, 3.05) is 33.3 Å². The predicted molar refractivity (Wildman–Crippen MR) is 103 cm³/mol. The molecule has 3 rings (SSSR count). The van der Waals surface area contributed by atoms with Crippen molar-refractivity contribution in [1.29, 1.82) is 0 Å². The molecule has 2 aromatic carbocycles. The molecule has 0 saturated carbocycles. The maximum absolute atomic E-state index is 6.31. The lowest BCUT2D eigenvalue weighted by molar-refractivity contribution is 0.122. The third kappa shape index (κ3) is 4.73. The zero-order valence-electron chi connectivity index (χ0n) is 13.8. The van der Waals surface area contributed by atoms with E-state index in [2.05, 4.69) is 43.9 Å². The standard InChI is InChI=1S/C19H22BrClN2O/c1-24-18-5-2-15(3-6-18)13-22-8-10-23(11-9-22)14-16-12-17(20)4-7-19(16)21/h2-7,12H,8-11,13-14H2,1H3. The molecule has 1 aliphatic heterocycles. The zero-order chi connectivity index (χ0) is 16.9. The molecule has 1 aliphatic rings. The normalized spacial score (nSPS) is 16.3. The van der Waals surface area contributed by atoms with Crippen LogP contribution in [-0.2, 0) is 13.1 Å². The smallest absolute Gasteiger partial charge is 0.118 e. The number of nitrogens with zero attached hydrogens (tertiary/aromatic N) is 2. The molecule has 1 heterocycles. The third-order valence-corrected chi connectivity index (χ3v) is 5.29. The van der Waals surface area contributed by atoms with Crippen LogP contribution < -0.4 is 4.74 Å². The molecule has 24 heavy (non-hydrogen) atoms. The molecule has 5 heteroatoms. The Morgan fingerprint density at radius 1 is 0.958 bits per heavy atom. The van der Waals surface area contributed by atoms with Gasteiger partial charge in [-0.3, -0.25) is 9.80 Å². The summed E-state index contributed by atoms with van der Waals surface area (Å²) in [6.07, 6.45) is 0. The summed E-state index contributed by atoms with van der Waals surface area (Å²) in [6.45, 7) is 6.21. The molecule has 1 fully saturated rings. The molecule has 0 aromatic heterocycles. The van der Waals surface area contributed by atoms with Gasteiger partial charge < -0.3 is 4.74 Å². The van der Waals surface area contributed by atoms with Crippen LogP contribution in [0.15, 0.2) is 46.9 Å². The van der Waals surface area contributed by atoms with Gasteiger partial charge in [-0.25, -0.2) is 0 Å². The summed E-state index contributed by atoms with van der Waals surface area (Å²) in [5, 5.41) is 0.846. The number of methoxy groups -OCH3 is 1. The first-order valence-corrected chi connectivity index (χ1v) is 9.33. The van der Waals surface area contributed by atoms with Crippen molar-refractivity contribution in [2.45, 2.75) is 13.1 Å². The number of piperazine rings is 1. The highest BCUT2D eigenvalue weighted by Gasteiger charge is 2.18. The summed E-state index contributed by atoms with van der Waals surface area (Å²) in [5.74, 6) is 0.912. The summed E-state index contributed by atoms with van der Waals surface area (Å²) in [5.41, 5.74) is 2.52. The minimum atomic E-state index is 0.846. The first-order chi connectivity index (χ1) is 11.6. The molecular formula is C19H22BrClN2O. The predicted octanol–water partition coefficient (Wildman–Crippen LogP) is 4.43. The van der Waals surface area contributed by atoms with Gasteiger partial charge in [0.2, 0.25) is 0 Å². The van der Waals surface area contributed by atoms with Gasteiger partial charge in [0.05, 0.1) is 7.11 Å². The largest absolute Gasteiger partial charge is 0.497 e. The molecule has 0 unspecified atom stereocenters. The fraction of sp³-hybridized carbons (Fsp3) is 0.368. The second-order valence-electron chi connectivity index (χ2n) is 6.14. The Bertz CT molecular complexity index is 670. The lowest BCUT2D eigenvalue weighted by Gasteiger charge is -2.35. The van der Waals surface area contributed by atoms with Crippen LogP contribution in [0.1, 0.15) is 11.1 Å². The number of benzene rings is 2. The molecule has 0 bridgehead atoms. The number of rotatable bonds is 5. The number of hydrogen-bond donors (Lipinski definition) is 0. The summed E-state index contributed by atoms with van der Waals surface area (Å²) in [4.78, 5) is 4.97. The fourth-order valence-corrected chi connectivity index (χ4v) is 3.59. The maximum Gasteiger partial charge on any atom is 0.118 e. The molecule has 0 amide bonds. The highest BCUT2D eigenvalue weighted by Crippen LogP contribution is 2.23. The van der Waals surface area contributed by atoms with Crippen molar-refractivity contribution in [3.8, 4) is 5.75 Å². The molecule has 1 saturated heterocycles. The topological polar surface area (TPSA) is 15.7 Å².